The third-order valence-corrected chi connectivity index (χ3v) is 7.91. The number of aromatic carboxylic acids is 2. The first kappa shape index (κ1) is 24.8. The largest absolute Gasteiger partial charge is 0.478 e. The molecule has 0 bridgehead atoms. The predicted molar refractivity (Wildman–Crippen MR) is 138 cm³/mol. The van der Waals surface area contributed by atoms with Gasteiger partial charge in [0.1, 0.15) is 0 Å². The van der Waals surface area contributed by atoms with E-state index in [-0.39, 0.29) is 46.9 Å². The maximum absolute atomic E-state index is 12.5. The van der Waals surface area contributed by atoms with Crippen molar-refractivity contribution in [2.45, 2.75) is 12.8 Å². The average Bonchev–Trinajstić information content (AvgIpc) is 2.95. The number of hydrogen-bond acceptors (Lipinski definition) is 5. The minimum absolute atomic E-state index is 0.0430. The minimum Gasteiger partial charge on any atom is -0.478 e. The van der Waals surface area contributed by atoms with E-state index in [1.54, 1.807) is 92.0 Å². The van der Waals surface area contributed by atoms with Crippen LogP contribution in [0.4, 0.5) is 5.69 Å². The zero-order valence-corrected chi connectivity index (χ0v) is 22.4. The van der Waals surface area contributed by atoms with Gasteiger partial charge in [-0.3, -0.25) is 19.3 Å². The molecule has 1 heterocycles. The van der Waals surface area contributed by atoms with Gasteiger partial charge < -0.3 is 15.5 Å². The summed E-state index contributed by atoms with van der Waals surface area (Å²) in [5, 5.41) is 21.6. The van der Waals surface area contributed by atoms with Crippen LogP contribution in [0.5, 0.6) is 0 Å². The number of hydrogen-bond donors (Lipinski definition) is 3. The first-order chi connectivity index (χ1) is 15.1. The molecule has 166 valence electrons. The molecule has 12 heteroatoms. The Balaban J connectivity index is 1.73. The van der Waals surface area contributed by atoms with Gasteiger partial charge in [-0.15, -0.1) is 0 Å². The summed E-state index contributed by atoms with van der Waals surface area (Å²) < 4.78 is 0.491. The maximum Gasteiger partial charge on any atom is 0.337 e. The zero-order valence-electron chi connectivity index (χ0n) is 15.9. The third kappa shape index (κ3) is 4.61. The molecule has 2 aromatic rings. The van der Waals surface area contributed by atoms with Gasteiger partial charge in [-0.05, 0) is 86.3 Å². The maximum atomic E-state index is 12.5. The second-order valence-corrected chi connectivity index (χ2v) is 9.87. The van der Waals surface area contributed by atoms with Crippen LogP contribution in [0.2, 0.25) is 0 Å². The summed E-state index contributed by atoms with van der Waals surface area (Å²) in [6, 6.07) is 6.48. The van der Waals surface area contributed by atoms with Crippen LogP contribution in [-0.4, -0.2) is 51.3 Å². The Morgan fingerprint density at radius 1 is 0.844 bits per heavy atom. The molecule has 0 aliphatic carbocycles. The molecular formula is C20H13I3N2O7. The first-order valence-electron chi connectivity index (χ1n) is 8.98. The van der Waals surface area contributed by atoms with Crippen LogP contribution in [0.3, 0.4) is 0 Å². The molecule has 3 N–H and O–H groups in total. The fraction of sp³-hybridized carbons (Fsp3) is 0.150. The molecular weight excluding hydrogens is 761 g/mol. The number of imide groups is 1. The summed E-state index contributed by atoms with van der Waals surface area (Å²) in [6.45, 7) is 0.0430. The summed E-state index contributed by atoms with van der Waals surface area (Å²) in [5.74, 6) is -3.93. The lowest BCUT2D eigenvalue weighted by molar-refractivity contribution is -0.116. The van der Waals surface area contributed by atoms with Crippen molar-refractivity contribution in [1.29, 1.82) is 0 Å². The molecule has 3 rings (SSSR count). The lowest BCUT2D eigenvalue weighted by Gasteiger charge is -2.17. The second-order valence-electron chi connectivity index (χ2n) is 6.64. The van der Waals surface area contributed by atoms with Crippen LogP contribution >= 0.6 is 67.8 Å². The van der Waals surface area contributed by atoms with Gasteiger partial charge in [0.15, 0.2) is 0 Å². The number of carbonyl (C=O) groups excluding carboxylic acids is 3. The highest BCUT2D eigenvalue weighted by Crippen LogP contribution is 2.36. The Bertz CT molecular complexity index is 1120. The molecule has 0 aromatic heterocycles. The van der Waals surface area contributed by atoms with E-state index in [2.05, 4.69) is 5.32 Å². The van der Waals surface area contributed by atoms with Gasteiger partial charge in [0.25, 0.3) is 11.8 Å². The lowest BCUT2D eigenvalue weighted by Crippen LogP contribution is -2.31. The fourth-order valence-corrected chi connectivity index (χ4v) is 7.55. The van der Waals surface area contributed by atoms with Crippen molar-refractivity contribution in [2.75, 3.05) is 11.9 Å². The third-order valence-electron chi connectivity index (χ3n) is 4.67. The summed E-state index contributed by atoms with van der Waals surface area (Å²) in [7, 11) is 0. The number of carbonyl (C=O) groups is 5. The molecule has 9 nitrogen and oxygen atoms in total. The minimum atomic E-state index is -1.31. The van der Waals surface area contributed by atoms with Gasteiger partial charge in [-0.1, -0.05) is 12.1 Å². The summed E-state index contributed by atoms with van der Waals surface area (Å²) >= 11 is 5.19. The van der Waals surface area contributed by atoms with Crippen molar-refractivity contribution >= 4 is 103 Å². The quantitative estimate of drug-likeness (QED) is 0.287. The monoisotopic (exact) mass is 774 g/mol. The van der Waals surface area contributed by atoms with Crippen LogP contribution in [-0.2, 0) is 4.79 Å². The molecule has 1 aliphatic rings. The summed E-state index contributed by atoms with van der Waals surface area (Å²) in [6.07, 6.45) is 0.128. The number of nitrogens with zero attached hydrogens (tertiary/aromatic N) is 1. The van der Waals surface area contributed by atoms with Gasteiger partial charge in [0.05, 0.1) is 35.1 Å². The highest BCUT2D eigenvalue weighted by molar-refractivity contribution is 14.1. The number of halogens is 3. The molecule has 1 aliphatic heterocycles. The normalized spacial score (nSPS) is 12.7. The van der Waals surface area contributed by atoms with Gasteiger partial charge in [0, 0.05) is 16.5 Å². The molecule has 2 aromatic carbocycles. The number of amides is 3. The van der Waals surface area contributed by atoms with Crippen molar-refractivity contribution in [2.24, 2.45) is 0 Å². The fourth-order valence-electron chi connectivity index (χ4n) is 3.19. The van der Waals surface area contributed by atoms with Crippen molar-refractivity contribution in [3.63, 3.8) is 0 Å². The van der Waals surface area contributed by atoms with E-state index in [1.807, 2.05) is 0 Å². The number of anilines is 1. The van der Waals surface area contributed by atoms with E-state index < -0.39 is 29.7 Å². The molecule has 0 radical (unpaired) electrons. The summed E-state index contributed by atoms with van der Waals surface area (Å²) in [4.78, 5) is 61.7. The van der Waals surface area contributed by atoms with Crippen LogP contribution in [0.25, 0.3) is 0 Å². The van der Waals surface area contributed by atoms with E-state index in [9.17, 15) is 34.2 Å². The smallest absolute Gasteiger partial charge is 0.337 e. The van der Waals surface area contributed by atoms with Crippen LogP contribution in [0, 0.1) is 10.7 Å². The number of carboxylic acids is 2. The van der Waals surface area contributed by atoms with E-state index in [0.717, 1.165) is 4.90 Å². The first-order valence-corrected chi connectivity index (χ1v) is 12.2. The molecule has 0 saturated carbocycles. The Kier molecular flexibility index (Phi) is 7.74. The number of benzene rings is 2. The highest BCUT2D eigenvalue weighted by atomic mass is 127. The SMILES string of the molecule is O=C(CCCN1C(=O)c2ccccc2C1=O)Nc1c(I)c(C(=O)O)c(I)c(C(=O)O)c1I. The number of nitrogens with one attached hydrogen (secondary N) is 1. The van der Waals surface area contributed by atoms with E-state index in [1.165, 1.54) is 0 Å². The van der Waals surface area contributed by atoms with Gasteiger partial charge in [-0.2, -0.15) is 0 Å². The lowest BCUT2D eigenvalue weighted by atomic mass is 10.1. The van der Waals surface area contributed by atoms with Gasteiger partial charge in [0.2, 0.25) is 5.91 Å². The standard InChI is InChI=1S/C20H13I3N2O7/c21-13-11(19(29)30)14(22)16(15(23)12(13)20(31)32)24-10(26)6-3-7-25-17(27)8-4-1-2-5-9(8)18(25)28/h1-2,4-5H,3,6-7H2,(H,24,26)(H,29,30)(H,31,32). The van der Waals surface area contributed by atoms with E-state index >= 15 is 0 Å². The second kappa shape index (κ2) is 9.98. The predicted octanol–water partition coefficient (Wildman–Crippen LogP) is 3.91. The van der Waals surface area contributed by atoms with E-state index in [4.69, 9.17) is 0 Å². The molecule has 0 unspecified atom stereocenters. The van der Waals surface area contributed by atoms with Crippen LogP contribution in [0.15, 0.2) is 24.3 Å². The van der Waals surface area contributed by atoms with Crippen LogP contribution < -0.4 is 5.32 Å². The van der Waals surface area contributed by atoms with Gasteiger partial charge in [-0.25, -0.2) is 9.59 Å². The molecule has 3 amide bonds. The molecule has 0 saturated heterocycles. The number of carboxylic acid groups (broad SMARTS) is 2. The molecule has 0 fully saturated rings. The van der Waals surface area contributed by atoms with Crippen molar-refractivity contribution < 1.29 is 34.2 Å². The zero-order chi connectivity index (χ0) is 23.7. The highest BCUT2D eigenvalue weighted by Gasteiger charge is 2.34. The van der Waals surface area contributed by atoms with E-state index in [0.29, 0.717) is 11.1 Å². The molecule has 0 spiro atoms. The Labute approximate surface area is 222 Å². The Morgan fingerprint density at radius 3 is 1.75 bits per heavy atom. The van der Waals surface area contributed by atoms with Gasteiger partial charge >= 0.3 is 11.9 Å². The number of fused-ring (bicyclic) bond motifs is 1. The van der Waals surface area contributed by atoms with Crippen molar-refractivity contribution in [3.05, 3.63) is 57.2 Å². The molecule has 32 heavy (non-hydrogen) atoms. The van der Waals surface area contributed by atoms with Crippen molar-refractivity contribution in [3.8, 4) is 0 Å². The van der Waals surface area contributed by atoms with Crippen molar-refractivity contribution in [1.82, 2.24) is 4.90 Å². The van der Waals surface area contributed by atoms with Crippen LogP contribution in [0.1, 0.15) is 54.3 Å². The summed E-state index contributed by atoms with van der Waals surface area (Å²) in [5.41, 5.74) is 0.350. The number of rotatable bonds is 7. The topological polar surface area (TPSA) is 141 Å². The average molecular weight is 774 g/mol. The molecule has 0 atom stereocenters. The Hall–Kier alpha value is -1.82. The Morgan fingerprint density at radius 2 is 1.31 bits per heavy atom.